The Kier molecular flexibility index (Phi) is 5.10. The first-order valence-corrected chi connectivity index (χ1v) is 11.8. The lowest BCUT2D eigenvalue weighted by atomic mass is 9.70. The Morgan fingerprint density at radius 2 is 1.83 bits per heavy atom. The van der Waals surface area contributed by atoms with Gasteiger partial charge in [-0.25, -0.2) is 8.42 Å². The average Bonchev–Trinajstić information content (AvgIpc) is 3.01. The molecule has 2 saturated carbocycles. The first-order chi connectivity index (χ1) is 13.9. The number of alkyl halides is 3. The van der Waals surface area contributed by atoms with Gasteiger partial charge in [-0.05, 0) is 42.7 Å². The number of halogens is 3. The van der Waals surface area contributed by atoms with Crippen LogP contribution in [0.5, 0.6) is 0 Å². The highest BCUT2D eigenvalue weighted by Crippen LogP contribution is 2.66. The molecule has 4 rings (SSSR count). The van der Waals surface area contributed by atoms with Gasteiger partial charge in [0.1, 0.15) is 0 Å². The molecule has 0 radical (unpaired) electrons. The smallest absolute Gasteiger partial charge is 0.392 e. The molecule has 0 aromatic carbocycles. The summed E-state index contributed by atoms with van der Waals surface area (Å²) in [7, 11) is -3.58. The monoisotopic (exact) mass is 448 g/mol. The zero-order chi connectivity index (χ0) is 21.9. The maximum atomic E-state index is 13.2. The van der Waals surface area contributed by atoms with E-state index in [1.807, 2.05) is 0 Å². The van der Waals surface area contributed by atoms with Gasteiger partial charge >= 0.3 is 6.18 Å². The maximum absolute atomic E-state index is 13.2. The van der Waals surface area contributed by atoms with Gasteiger partial charge < -0.3 is 10.0 Å². The summed E-state index contributed by atoms with van der Waals surface area (Å²) in [5.41, 5.74) is -1.90. The number of hydrogen-bond donors (Lipinski definition) is 1. The van der Waals surface area contributed by atoms with Crippen molar-refractivity contribution in [1.29, 1.82) is 0 Å². The van der Waals surface area contributed by atoms with E-state index >= 15 is 0 Å². The fourth-order valence-electron chi connectivity index (χ4n) is 5.64. The van der Waals surface area contributed by atoms with Crippen LogP contribution in [-0.4, -0.2) is 66.1 Å². The standard InChI is InChI=1S/C19H27F3N4O3S/c1-17(2)13-5-6-18(17,15(27)11-13)12-30(28,29)26-9-7-25(8-10-26)16-4-3-14(23-24-16)19(20,21)22/h3-4,13,15,27H,5-12H2,1-2H3/t13-,15?,18-/m1/s1. The number of fused-ring (bicyclic) bond motifs is 2. The van der Waals surface area contributed by atoms with Gasteiger partial charge in [-0.1, -0.05) is 13.8 Å². The molecule has 30 heavy (non-hydrogen) atoms. The van der Waals surface area contributed by atoms with Crippen molar-refractivity contribution < 1.29 is 26.7 Å². The predicted molar refractivity (Wildman–Crippen MR) is 104 cm³/mol. The van der Waals surface area contributed by atoms with Crippen molar-refractivity contribution in [3.8, 4) is 0 Å². The van der Waals surface area contributed by atoms with Crippen molar-refractivity contribution in [3.63, 3.8) is 0 Å². The minimum atomic E-state index is -4.55. The summed E-state index contributed by atoms with van der Waals surface area (Å²) in [6.45, 7) is 5.22. The largest absolute Gasteiger partial charge is 0.435 e. The van der Waals surface area contributed by atoms with Crippen LogP contribution in [0.3, 0.4) is 0 Å². The number of hydrogen-bond acceptors (Lipinski definition) is 6. The molecule has 0 spiro atoms. The molecule has 3 atom stereocenters. The van der Waals surface area contributed by atoms with Gasteiger partial charge in [0, 0.05) is 31.6 Å². The molecule has 7 nitrogen and oxygen atoms in total. The van der Waals surface area contributed by atoms with E-state index in [2.05, 4.69) is 24.0 Å². The average molecular weight is 449 g/mol. The molecular weight excluding hydrogens is 421 g/mol. The summed E-state index contributed by atoms with van der Waals surface area (Å²) in [6.07, 6.45) is -2.84. The van der Waals surface area contributed by atoms with Crippen molar-refractivity contribution in [3.05, 3.63) is 17.8 Å². The number of aliphatic hydroxyl groups is 1. The van der Waals surface area contributed by atoms with Crippen LogP contribution in [0.2, 0.25) is 0 Å². The third-order valence-electron chi connectivity index (χ3n) is 7.73. The number of sulfonamides is 1. The molecule has 1 N–H and O–H groups in total. The highest BCUT2D eigenvalue weighted by Gasteiger charge is 2.65. The van der Waals surface area contributed by atoms with Crippen LogP contribution in [0, 0.1) is 16.7 Å². The van der Waals surface area contributed by atoms with Crippen LogP contribution in [0.1, 0.15) is 38.8 Å². The van der Waals surface area contributed by atoms with E-state index in [9.17, 15) is 26.7 Å². The lowest BCUT2D eigenvalue weighted by Gasteiger charge is -2.42. The van der Waals surface area contributed by atoms with Crippen LogP contribution in [0.25, 0.3) is 0 Å². The molecule has 2 heterocycles. The molecule has 11 heteroatoms. The Balaban J connectivity index is 1.42. The highest BCUT2D eigenvalue weighted by molar-refractivity contribution is 7.89. The second-order valence-corrected chi connectivity index (χ2v) is 11.3. The van der Waals surface area contributed by atoms with Crippen LogP contribution in [0.4, 0.5) is 19.0 Å². The van der Waals surface area contributed by atoms with Crippen molar-refractivity contribution in [2.24, 2.45) is 16.7 Å². The minimum Gasteiger partial charge on any atom is -0.392 e. The quantitative estimate of drug-likeness (QED) is 0.760. The molecule has 1 saturated heterocycles. The minimum absolute atomic E-state index is 0.0647. The zero-order valence-corrected chi connectivity index (χ0v) is 17.9. The van der Waals surface area contributed by atoms with Crippen LogP contribution in [-0.2, 0) is 16.2 Å². The molecule has 2 bridgehead atoms. The summed E-state index contributed by atoms with van der Waals surface area (Å²) >= 11 is 0. The molecule has 1 unspecified atom stereocenters. The molecule has 3 aliphatic rings. The third-order valence-corrected chi connectivity index (χ3v) is 9.76. The Morgan fingerprint density at radius 3 is 2.30 bits per heavy atom. The van der Waals surface area contributed by atoms with Crippen LogP contribution >= 0.6 is 0 Å². The number of nitrogens with zero attached hydrogens (tertiary/aromatic N) is 4. The van der Waals surface area contributed by atoms with Crippen molar-refractivity contribution in [1.82, 2.24) is 14.5 Å². The summed E-state index contributed by atoms with van der Waals surface area (Å²) in [5.74, 6) is 0.576. The van der Waals surface area contributed by atoms with Gasteiger partial charge in [0.05, 0.1) is 11.9 Å². The molecule has 0 amide bonds. The topological polar surface area (TPSA) is 86.6 Å². The Morgan fingerprint density at radius 1 is 1.17 bits per heavy atom. The van der Waals surface area contributed by atoms with Gasteiger partial charge in [0.2, 0.25) is 10.0 Å². The number of rotatable bonds is 4. The first kappa shape index (κ1) is 21.8. The second kappa shape index (κ2) is 7.03. The van der Waals surface area contributed by atoms with Crippen LogP contribution < -0.4 is 4.90 Å². The predicted octanol–water partition coefficient (Wildman–Crippen LogP) is 2.13. The van der Waals surface area contributed by atoms with Crippen molar-refractivity contribution in [2.75, 3.05) is 36.8 Å². The maximum Gasteiger partial charge on any atom is 0.435 e. The van der Waals surface area contributed by atoms with E-state index < -0.39 is 33.4 Å². The Labute approximate surface area is 174 Å². The lowest BCUT2D eigenvalue weighted by molar-refractivity contribution is -0.141. The number of aliphatic hydroxyl groups excluding tert-OH is 1. The summed E-state index contributed by atoms with van der Waals surface area (Å²) < 4.78 is 65.8. The number of piperazine rings is 1. The fourth-order valence-corrected chi connectivity index (χ4v) is 7.90. The molecule has 3 fully saturated rings. The zero-order valence-electron chi connectivity index (χ0n) is 17.1. The fraction of sp³-hybridized carbons (Fsp3) is 0.789. The summed E-state index contributed by atoms with van der Waals surface area (Å²) in [4.78, 5) is 1.73. The van der Waals surface area contributed by atoms with E-state index in [1.165, 1.54) is 10.4 Å². The molecule has 2 aliphatic carbocycles. The highest BCUT2D eigenvalue weighted by atomic mass is 32.2. The summed E-state index contributed by atoms with van der Waals surface area (Å²) in [5, 5.41) is 17.5. The van der Waals surface area contributed by atoms with Gasteiger partial charge in [-0.15, -0.1) is 10.2 Å². The van der Waals surface area contributed by atoms with E-state index in [-0.39, 0.29) is 24.3 Å². The molecular formula is C19H27F3N4O3S. The normalized spacial score (nSPS) is 32.0. The third kappa shape index (κ3) is 3.38. The van der Waals surface area contributed by atoms with E-state index in [0.29, 0.717) is 37.7 Å². The van der Waals surface area contributed by atoms with Gasteiger partial charge in [-0.2, -0.15) is 17.5 Å². The SMILES string of the molecule is CC1(C)[C@@H]2CC[C@@]1(CS(=O)(=O)N1CCN(c3ccc(C(F)(F)F)nn3)CC1)C(O)C2. The van der Waals surface area contributed by atoms with Crippen LogP contribution in [0.15, 0.2) is 12.1 Å². The van der Waals surface area contributed by atoms with Gasteiger partial charge in [-0.3, -0.25) is 0 Å². The molecule has 1 aromatic rings. The van der Waals surface area contributed by atoms with Crippen molar-refractivity contribution in [2.45, 2.75) is 45.4 Å². The van der Waals surface area contributed by atoms with Gasteiger partial charge in [0.15, 0.2) is 11.5 Å². The molecule has 1 aliphatic heterocycles. The van der Waals surface area contributed by atoms with E-state index in [1.54, 1.807) is 4.90 Å². The Hall–Kier alpha value is -1.46. The number of anilines is 1. The first-order valence-electron chi connectivity index (χ1n) is 10.2. The van der Waals surface area contributed by atoms with E-state index in [4.69, 9.17) is 0 Å². The lowest BCUT2D eigenvalue weighted by Crippen LogP contribution is -2.53. The summed E-state index contributed by atoms with van der Waals surface area (Å²) in [6, 6.07) is 2.14. The van der Waals surface area contributed by atoms with E-state index in [0.717, 1.165) is 12.5 Å². The van der Waals surface area contributed by atoms with Gasteiger partial charge in [0.25, 0.3) is 0 Å². The van der Waals surface area contributed by atoms with Crippen molar-refractivity contribution >= 4 is 15.8 Å². The second-order valence-electron chi connectivity index (χ2n) is 9.28. The molecule has 1 aromatic heterocycles. The Bertz CT molecular complexity index is 899. The molecule has 168 valence electrons. The number of aromatic nitrogens is 2.